The Morgan fingerprint density at radius 2 is 2.33 bits per heavy atom. The van der Waals surface area contributed by atoms with Crippen molar-refractivity contribution in [3.63, 3.8) is 0 Å². The molecule has 0 saturated heterocycles. The summed E-state index contributed by atoms with van der Waals surface area (Å²) in [6, 6.07) is 0. The van der Waals surface area contributed by atoms with Gasteiger partial charge in [0.25, 0.3) is 0 Å². The number of hydrogen-bond donors (Lipinski definition) is 0. The first kappa shape index (κ1) is 9.32. The zero-order valence-electron chi connectivity index (χ0n) is 5.30. The van der Waals surface area contributed by atoms with Crippen molar-refractivity contribution in [2.75, 3.05) is 0 Å². The molecule has 1 radical (unpaired) electrons. The Hall–Kier alpha value is 0.324. The Morgan fingerprint density at radius 1 is 1.56 bits per heavy atom. The van der Waals surface area contributed by atoms with Crippen LogP contribution in [0.15, 0.2) is 23.8 Å². The van der Waals surface area contributed by atoms with Crippen LogP contribution in [-0.2, 0) is 32.7 Å². The van der Waals surface area contributed by atoms with Crippen molar-refractivity contribution in [3.05, 3.63) is 36.5 Å². The van der Waals surface area contributed by atoms with E-state index >= 15 is 0 Å². The number of allylic oxidation sites excluding steroid dienone is 5. The Kier molecular flexibility index (Phi) is 5.32. The molecular formula is C8H8Y-2. The molecule has 0 saturated carbocycles. The smallest absolute Gasteiger partial charge is 0 e. The third-order valence-corrected chi connectivity index (χ3v) is 1.12. The van der Waals surface area contributed by atoms with Gasteiger partial charge in [0.1, 0.15) is 0 Å². The van der Waals surface area contributed by atoms with E-state index in [1.807, 2.05) is 6.08 Å². The molecule has 0 amide bonds. The Balaban J connectivity index is 0.000000640. The fourth-order valence-corrected chi connectivity index (χ4v) is 0.687. The van der Waals surface area contributed by atoms with Crippen molar-refractivity contribution in [2.45, 2.75) is 12.8 Å². The van der Waals surface area contributed by atoms with Gasteiger partial charge in [-0.05, 0) is 0 Å². The molecule has 45 valence electrons. The van der Waals surface area contributed by atoms with Crippen LogP contribution in [0.5, 0.6) is 0 Å². The monoisotopic (exact) mass is 193 g/mol. The molecule has 0 N–H and O–H groups in total. The van der Waals surface area contributed by atoms with Crippen molar-refractivity contribution >= 4 is 0 Å². The van der Waals surface area contributed by atoms with Crippen molar-refractivity contribution in [2.24, 2.45) is 0 Å². The molecule has 1 aliphatic rings. The first-order chi connectivity index (χ1) is 3.93. The second-order valence-corrected chi connectivity index (χ2v) is 1.75. The summed E-state index contributed by atoms with van der Waals surface area (Å²) in [6.07, 6.45) is 10.9. The Bertz CT molecular complexity index is 143. The van der Waals surface area contributed by atoms with Crippen LogP contribution in [0, 0.1) is 12.7 Å². The summed E-state index contributed by atoms with van der Waals surface area (Å²) in [7, 11) is 0. The average molecular weight is 193 g/mol. The maximum atomic E-state index is 5.23. The number of rotatable bonds is 1. The number of hydrogen-bond acceptors (Lipinski definition) is 0. The maximum absolute atomic E-state index is 5.23. The molecule has 0 aromatic rings. The third-order valence-electron chi connectivity index (χ3n) is 1.12. The molecule has 0 nitrogen and oxygen atoms in total. The summed E-state index contributed by atoms with van der Waals surface area (Å²) in [6.45, 7) is 5.23. The predicted molar refractivity (Wildman–Crippen MR) is 34.0 cm³/mol. The fourth-order valence-electron chi connectivity index (χ4n) is 0.687. The predicted octanol–water partition coefficient (Wildman–Crippen LogP) is 2.05. The van der Waals surface area contributed by atoms with Crippen molar-refractivity contribution in [1.29, 1.82) is 0 Å². The Labute approximate surface area is 81.6 Å². The molecule has 0 unspecified atom stereocenters. The van der Waals surface area contributed by atoms with Crippen LogP contribution in [0.4, 0.5) is 0 Å². The van der Waals surface area contributed by atoms with Gasteiger partial charge in [0.15, 0.2) is 0 Å². The molecule has 0 spiro atoms. The SMILES string of the molecule is [CH-]=CC1=CCCC=[C-]1.[Y]. The van der Waals surface area contributed by atoms with E-state index in [2.05, 4.69) is 12.2 Å². The summed E-state index contributed by atoms with van der Waals surface area (Å²) in [5.74, 6) is 0. The van der Waals surface area contributed by atoms with E-state index in [0.29, 0.717) is 0 Å². The van der Waals surface area contributed by atoms with E-state index in [4.69, 9.17) is 6.58 Å². The molecule has 9 heavy (non-hydrogen) atoms. The second kappa shape index (κ2) is 5.14. The van der Waals surface area contributed by atoms with Crippen molar-refractivity contribution < 1.29 is 32.7 Å². The molecule has 1 rings (SSSR count). The third kappa shape index (κ3) is 3.12. The van der Waals surface area contributed by atoms with E-state index in [1.54, 1.807) is 6.08 Å². The van der Waals surface area contributed by atoms with Gasteiger partial charge >= 0.3 is 0 Å². The molecule has 0 aromatic carbocycles. The van der Waals surface area contributed by atoms with E-state index < -0.39 is 0 Å². The molecule has 0 atom stereocenters. The van der Waals surface area contributed by atoms with Crippen LogP contribution in [0.25, 0.3) is 0 Å². The minimum Gasteiger partial charge on any atom is -0.361 e. The van der Waals surface area contributed by atoms with Gasteiger partial charge in [0, 0.05) is 32.7 Å². The minimum absolute atomic E-state index is 0. The molecule has 0 bridgehead atoms. The van der Waals surface area contributed by atoms with Crippen LogP contribution in [0.3, 0.4) is 0 Å². The quantitative estimate of drug-likeness (QED) is 0.559. The van der Waals surface area contributed by atoms with Crippen molar-refractivity contribution in [3.8, 4) is 0 Å². The van der Waals surface area contributed by atoms with Gasteiger partial charge in [-0.3, -0.25) is 12.2 Å². The van der Waals surface area contributed by atoms with Gasteiger partial charge in [-0.2, -0.15) is 6.08 Å². The van der Waals surface area contributed by atoms with E-state index in [9.17, 15) is 0 Å². The van der Waals surface area contributed by atoms with Gasteiger partial charge in [0.2, 0.25) is 0 Å². The first-order valence-corrected chi connectivity index (χ1v) is 2.77. The molecular weight excluding hydrogens is 185 g/mol. The summed E-state index contributed by atoms with van der Waals surface area (Å²) in [5.41, 5.74) is 1.02. The maximum Gasteiger partial charge on any atom is 0 e. The largest absolute Gasteiger partial charge is 0.361 e. The van der Waals surface area contributed by atoms with Crippen LogP contribution in [0.1, 0.15) is 12.8 Å². The fraction of sp³-hybridized carbons (Fsp3) is 0.250. The van der Waals surface area contributed by atoms with Gasteiger partial charge in [-0.25, -0.2) is 0 Å². The second-order valence-electron chi connectivity index (χ2n) is 1.75. The van der Waals surface area contributed by atoms with Gasteiger partial charge in [0.05, 0.1) is 0 Å². The van der Waals surface area contributed by atoms with E-state index in [0.717, 1.165) is 18.4 Å². The zero-order chi connectivity index (χ0) is 5.82. The zero-order valence-corrected chi connectivity index (χ0v) is 8.14. The average Bonchev–Trinajstić information content (AvgIpc) is 1.90. The normalized spacial score (nSPS) is 15.8. The standard InChI is InChI=1S/C8H8.Y/c1-2-8-6-4-3-5-7-8;/h1-2,4,7H,3,5H2;/q-2;. The first-order valence-electron chi connectivity index (χ1n) is 2.77. The van der Waals surface area contributed by atoms with Crippen LogP contribution in [0.2, 0.25) is 0 Å². The summed E-state index contributed by atoms with van der Waals surface area (Å²) < 4.78 is 0. The molecule has 0 aliphatic heterocycles. The Morgan fingerprint density at radius 3 is 2.67 bits per heavy atom. The molecule has 0 heterocycles. The molecule has 0 fully saturated rings. The summed E-state index contributed by atoms with van der Waals surface area (Å²) in [5, 5.41) is 0. The summed E-state index contributed by atoms with van der Waals surface area (Å²) in [4.78, 5) is 0. The molecule has 0 aromatic heterocycles. The topological polar surface area (TPSA) is 0 Å². The van der Waals surface area contributed by atoms with Crippen LogP contribution < -0.4 is 0 Å². The van der Waals surface area contributed by atoms with Gasteiger partial charge < -0.3 is 18.2 Å². The summed E-state index contributed by atoms with van der Waals surface area (Å²) >= 11 is 0. The van der Waals surface area contributed by atoms with Gasteiger partial charge in [-0.15, -0.1) is 0 Å². The van der Waals surface area contributed by atoms with E-state index in [-0.39, 0.29) is 32.7 Å². The molecule has 1 heteroatoms. The van der Waals surface area contributed by atoms with Gasteiger partial charge in [-0.1, -0.05) is 12.8 Å². The van der Waals surface area contributed by atoms with E-state index in [1.165, 1.54) is 0 Å². The van der Waals surface area contributed by atoms with Crippen LogP contribution in [-0.4, -0.2) is 0 Å². The van der Waals surface area contributed by atoms with Crippen molar-refractivity contribution in [1.82, 2.24) is 0 Å². The molecule has 1 aliphatic carbocycles. The minimum atomic E-state index is 0. The van der Waals surface area contributed by atoms with Crippen LogP contribution >= 0.6 is 0 Å².